The molecule has 0 aromatic heterocycles. The molecule has 0 saturated heterocycles. The Labute approximate surface area is 162 Å². The molecule has 2 rings (SSSR count). The molecular formula is C21H30Cl2N2. The molecule has 0 atom stereocenters. The van der Waals surface area contributed by atoms with Gasteiger partial charge in [0.05, 0.1) is 10.0 Å². The van der Waals surface area contributed by atoms with Crippen LogP contribution in [0.3, 0.4) is 0 Å². The van der Waals surface area contributed by atoms with Crippen LogP contribution < -0.4 is 11.5 Å². The number of rotatable bonds is 5. The van der Waals surface area contributed by atoms with Gasteiger partial charge in [0.25, 0.3) is 0 Å². The first kappa shape index (κ1) is 21.7. The molecule has 2 aromatic rings. The molecular weight excluding hydrogens is 351 g/mol. The van der Waals surface area contributed by atoms with E-state index in [1.165, 1.54) is 0 Å². The summed E-state index contributed by atoms with van der Waals surface area (Å²) in [5.41, 5.74) is 20.3. The number of hydrogen-bond acceptors (Lipinski definition) is 2. The maximum Gasteiger partial charge on any atom is 0.0537 e. The third-order valence-electron chi connectivity index (χ3n) is 4.74. The topological polar surface area (TPSA) is 52.0 Å². The van der Waals surface area contributed by atoms with Gasteiger partial charge in [-0.05, 0) is 60.1 Å². The summed E-state index contributed by atoms with van der Waals surface area (Å²) in [6.07, 6.45) is 3.30. The molecule has 0 amide bonds. The zero-order valence-corrected chi connectivity index (χ0v) is 16.4. The summed E-state index contributed by atoms with van der Waals surface area (Å²) >= 11 is 13.4. The molecule has 4 heteroatoms. The minimum absolute atomic E-state index is 0. The van der Waals surface area contributed by atoms with Crippen molar-refractivity contribution in [3.8, 4) is 11.1 Å². The van der Waals surface area contributed by atoms with E-state index in [-0.39, 0.29) is 7.43 Å². The Kier molecular flexibility index (Phi) is 7.64. The second-order valence-corrected chi connectivity index (χ2v) is 6.75. The lowest BCUT2D eigenvalue weighted by molar-refractivity contribution is 1.09. The van der Waals surface area contributed by atoms with E-state index in [2.05, 4.69) is 39.8 Å². The second-order valence-electron chi connectivity index (χ2n) is 5.99. The summed E-state index contributed by atoms with van der Waals surface area (Å²) < 4.78 is 0. The van der Waals surface area contributed by atoms with Gasteiger partial charge in [0, 0.05) is 22.5 Å². The number of halogens is 2. The smallest absolute Gasteiger partial charge is 0.0537 e. The lowest BCUT2D eigenvalue weighted by atomic mass is 9.91. The van der Waals surface area contributed by atoms with Crippen LogP contribution in [0.15, 0.2) is 12.1 Å². The largest absolute Gasteiger partial charge is 0.398 e. The summed E-state index contributed by atoms with van der Waals surface area (Å²) in [5, 5.41) is 1.39. The zero-order chi connectivity index (χ0) is 18.0. The first-order valence-electron chi connectivity index (χ1n) is 8.60. The van der Waals surface area contributed by atoms with E-state index in [1.54, 1.807) is 0 Å². The molecule has 0 fully saturated rings. The minimum atomic E-state index is 0. The van der Waals surface area contributed by atoms with Gasteiger partial charge in [-0.2, -0.15) is 0 Å². The van der Waals surface area contributed by atoms with Crippen molar-refractivity contribution in [2.75, 3.05) is 11.5 Å². The van der Waals surface area contributed by atoms with Crippen molar-refractivity contribution in [1.82, 2.24) is 0 Å². The van der Waals surface area contributed by atoms with Crippen molar-refractivity contribution in [3.63, 3.8) is 0 Å². The molecule has 0 unspecified atom stereocenters. The number of anilines is 2. The van der Waals surface area contributed by atoms with Crippen LogP contribution >= 0.6 is 23.2 Å². The van der Waals surface area contributed by atoms with Gasteiger partial charge in [0.1, 0.15) is 0 Å². The van der Waals surface area contributed by atoms with Crippen LogP contribution in [0.4, 0.5) is 11.4 Å². The number of hydrogen-bond donors (Lipinski definition) is 2. The van der Waals surface area contributed by atoms with Crippen molar-refractivity contribution < 1.29 is 0 Å². The van der Waals surface area contributed by atoms with Gasteiger partial charge in [-0.25, -0.2) is 0 Å². The van der Waals surface area contributed by atoms with E-state index in [0.717, 1.165) is 70.4 Å². The van der Waals surface area contributed by atoms with E-state index in [0.29, 0.717) is 10.0 Å². The van der Waals surface area contributed by atoms with Gasteiger partial charge >= 0.3 is 0 Å². The molecule has 2 aromatic carbocycles. The molecule has 0 radical (unpaired) electrons. The Hall–Kier alpha value is -1.38. The number of benzene rings is 2. The Bertz CT molecular complexity index is 702. The van der Waals surface area contributed by atoms with Crippen LogP contribution in [0.1, 0.15) is 57.4 Å². The SMILES string of the molecule is C.CCc1cc(-c2cc(CC)c(N)c(CC)c2Cl)c(Cl)c(CC)c1N. The van der Waals surface area contributed by atoms with E-state index >= 15 is 0 Å². The number of aryl methyl sites for hydroxylation is 2. The molecule has 0 spiro atoms. The fraction of sp³-hybridized carbons (Fsp3) is 0.429. The van der Waals surface area contributed by atoms with Crippen molar-refractivity contribution in [1.29, 1.82) is 0 Å². The normalized spacial score (nSPS) is 10.6. The Morgan fingerprint density at radius 2 is 1.00 bits per heavy atom. The van der Waals surface area contributed by atoms with Gasteiger partial charge in [0.15, 0.2) is 0 Å². The summed E-state index contributed by atoms with van der Waals surface area (Å²) in [6.45, 7) is 8.34. The zero-order valence-electron chi connectivity index (χ0n) is 14.9. The summed E-state index contributed by atoms with van der Waals surface area (Å²) in [6, 6.07) is 4.15. The predicted octanol–water partition coefficient (Wildman–Crippen LogP) is 6.71. The van der Waals surface area contributed by atoms with Gasteiger partial charge in [-0.1, -0.05) is 58.3 Å². The van der Waals surface area contributed by atoms with Gasteiger partial charge < -0.3 is 11.5 Å². The summed E-state index contributed by atoms with van der Waals surface area (Å²) in [5.74, 6) is 0. The van der Waals surface area contributed by atoms with Gasteiger partial charge in [-0.3, -0.25) is 0 Å². The van der Waals surface area contributed by atoms with Crippen LogP contribution in [0.5, 0.6) is 0 Å². The van der Waals surface area contributed by atoms with Crippen molar-refractivity contribution in [3.05, 3.63) is 44.4 Å². The van der Waals surface area contributed by atoms with Crippen LogP contribution in [0.25, 0.3) is 11.1 Å². The van der Waals surface area contributed by atoms with Crippen LogP contribution in [0.2, 0.25) is 10.0 Å². The molecule has 0 aliphatic rings. The minimum Gasteiger partial charge on any atom is -0.398 e. The van der Waals surface area contributed by atoms with Crippen molar-refractivity contribution in [2.24, 2.45) is 0 Å². The third-order valence-corrected chi connectivity index (χ3v) is 5.60. The predicted molar refractivity (Wildman–Crippen MR) is 115 cm³/mol. The van der Waals surface area contributed by atoms with Crippen LogP contribution in [0, 0.1) is 0 Å². The van der Waals surface area contributed by atoms with Gasteiger partial charge in [-0.15, -0.1) is 0 Å². The summed E-state index contributed by atoms with van der Waals surface area (Å²) in [7, 11) is 0. The second kappa shape index (κ2) is 8.82. The van der Waals surface area contributed by atoms with E-state index in [4.69, 9.17) is 34.7 Å². The highest BCUT2D eigenvalue weighted by molar-refractivity contribution is 6.38. The molecule has 0 saturated carbocycles. The first-order chi connectivity index (χ1) is 11.4. The molecule has 138 valence electrons. The monoisotopic (exact) mass is 380 g/mol. The molecule has 0 heterocycles. The lowest BCUT2D eigenvalue weighted by Crippen LogP contribution is -2.04. The average molecular weight is 381 g/mol. The highest BCUT2D eigenvalue weighted by Gasteiger charge is 2.19. The van der Waals surface area contributed by atoms with Crippen LogP contribution in [-0.2, 0) is 25.7 Å². The fourth-order valence-electron chi connectivity index (χ4n) is 3.25. The number of nitrogen functional groups attached to an aromatic ring is 2. The fourth-order valence-corrected chi connectivity index (χ4v) is 4.03. The highest BCUT2D eigenvalue weighted by atomic mass is 35.5. The third kappa shape index (κ3) is 3.75. The summed E-state index contributed by atoms with van der Waals surface area (Å²) in [4.78, 5) is 0. The molecule has 4 N–H and O–H groups in total. The molecule has 25 heavy (non-hydrogen) atoms. The van der Waals surface area contributed by atoms with Crippen molar-refractivity contribution in [2.45, 2.75) is 60.8 Å². The standard InChI is InChI=1S/C20H26Cl2N2.CH4/c1-5-11-9-15(17(21)13(7-3)19(11)23)16-10-12(6-2)20(24)14(8-4)18(16)22;/h9-10H,5-8,23-24H2,1-4H3;1H4. The Balaban J connectivity index is 0.00000312. The Morgan fingerprint density at radius 3 is 1.24 bits per heavy atom. The van der Waals surface area contributed by atoms with E-state index < -0.39 is 0 Å². The number of nitrogens with two attached hydrogens (primary N) is 2. The maximum absolute atomic E-state index is 6.71. The maximum atomic E-state index is 6.71. The van der Waals surface area contributed by atoms with Crippen LogP contribution in [-0.4, -0.2) is 0 Å². The molecule has 2 nitrogen and oxygen atoms in total. The first-order valence-corrected chi connectivity index (χ1v) is 9.36. The highest BCUT2D eigenvalue weighted by Crippen LogP contribution is 2.43. The molecule has 0 bridgehead atoms. The average Bonchev–Trinajstić information content (AvgIpc) is 2.57. The Morgan fingerprint density at radius 1 is 0.680 bits per heavy atom. The lowest BCUT2D eigenvalue weighted by Gasteiger charge is -2.20. The van der Waals surface area contributed by atoms with E-state index in [1.807, 2.05) is 0 Å². The van der Waals surface area contributed by atoms with E-state index in [9.17, 15) is 0 Å². The molecule has 0 aliphatic carbocycles. The quantitative estimate of drug-likeness (QED) is 0.566. The van der Waals surface area contributed by atoms with Gasteiger partial charge in [0.2, 0.25) is 0 Å². The molecule has 0 aliphatic heterocycles. The van der Waals surface area contributed by atoms with Crippen molar-refractivity contribution >= 4 is 34.6 Å².